The van der Waals surface area contributed by atoms with E-state index in [0.29, 0.717) is 0 Å². The third kappa shape index (κ3) is 2.25. The largest absolute Gasteiger partial charge is 0.313 e. The molecule has 3 rings (SSSR count). The summed E-state index contributed by atoms with van der Waals surface area (Å²) >= 11 is 0. The maximum Gasteiger partial charge on any atom is 0.313 e. The Balaban J connectivity index is 2.04. The monoisotopic (exact) mass is 268 g/mol. The minimum Gasteiger partial charge on any atom is -0.306 e. The van der Waals surface area contributed by atoms with Gasteiger partial charge in [0.15, 0.2) is 0 Å². The van der Waals surface area contributed by atoms with Gasteiger partial charge in [0.2, 0.25) is 0 Å². The Morgan fingerprint density at radius 3 is 2.50 bits per heavy atom. The van der Waals surface area contributed by atoms with E-state index in [1.54, 1.807) is 0 Å². The molecule has 1 unspecified atom stereocenters. The summed E-state index contributed by atoms with van der Waals surface area (Å²) in [6.45, 7) is 0.720. The van der Waals surface area contributed by atoms with Crippen molar-refractivity contribution in [2.75, 3.05) is 11.4 Å². The van der Waals surface area contributed by atoms with Gasteiger partial charge >= 0.3 is 6.17 Å². The minimum atomic E-state index is -0.808. The Kier molecular flexibility index (Phi) is 3.37. The molecule has 4 heteroatoms. The first-order chi connectivity index (χ1) is 9.77. The molecule has 0 saturated heterocycles. The van der Waals surface area contributed by atoms with Crippen LogP contribution in [0.1, 0.15) is 23.7 Å². The van der Waals surface area contributed by atoms with Gasteiger partial charge < -0.3 is 4.90 Å². The van der Waals surface area contributed by atoms with Crippen LogP contribution in [0.15, 0.2) is 54.6 Å². The molecular formula is C16H16N2O2. The zero-order valence-electron chi connectivity index (χ0n) is 11.1. The van der Waals surface area contributed by atoms with Crippen molar-refractivity contribution in [3.63, 3.8) is 0 Å². The molecule has 1 aliphatic rings. The van der Waals surface area contributed by atoms with Gasteiger partial charge in [-0.05, 0) is 24.5 Å². The molecular weight excluding hydrogens is 252 g/mol. The number of fused-ring (bicyclic) bond motifs is 1. The third-order valence-electron chi connectivity index (χ3n) is 3.74. The molecule has 0 amide bonds. The minimum absolute atomic E-state index is 0.197. The fourth-order valence-electron chi connectivity index (χ4n) is 2.86. The summed E-state index contributed by atoms with van der Waals surface area (Å²) in [6, 6.07) is 17.2. The van der Waals surface area contributed by atoms with Crippen molar-refractivity contribution < 1.29 is 4.92 Å². The standard InChI is InChI=1S/C16H16N2O2/c19-18(20)16(14-8-2-1-3-9-14)17-12-6-10-13-7-4-5-11-15(13)17/h1-5,7-9,11,16H,6,10,12H2. The van der Waals surface area contributed by atoms with Crippen molar-refractivity contribution in [1.82, 2.24) is 0 Å². The molecule has 1 heterocycles. The first-order valence-electron chi connectivity index (χ1n) is 6.80. The highest BCUT2D eigenvalue weighted by Gasteiger charge is 2.33. The molecule has 1 aliphatic heterocycles. The lowest BCUT2D eigenvalue weighted by Crippen LogP contribution is -2.37. The summed E-state index contributed by atoms with van der Waals surface area (Å²) in [6.07, 6.45) is 1.14. The van der Waals surface area contributed by atoms with E-state index in [1.807, 2.05) is 53.4 Å². The van der Waals surface area contributed by atoms with E-state index in [-0.39, 0.29) is 4.92 Å². The molecule has 0 fully saturated rings. The highest BCUT2D eigenvalue weighted by atomic mass is 16.6. The van der Waals surface area contributed by atoms with E-state index in [1.165, 1.54) is 5.56 Å². The van der Waals surface area contributed by atoms with Gasteiger partial charge in [0.25, 0.3) is 0 Å². The highest BCUT2D eigenvalue weighted by molar-refractivity contribution is 5.56. The van der Waals surface area contributed by atoms with Crippen LogP contribution >= 0.6 is 0 Å². The lowest BCUT2D eigenvalue weighted by Gasteiger charge is -2.33. The van der Waals surface area contributed by atoms with E-state index in [9.17, 15) is 10.1 Å². The van der Waals surface area contributed by atoms with Gasteiger partial charge in [0.05, 0.1) is 4.92 Å². The summed E-state index contributed by atoms with van der Waals surface area (Å²) in [5.41, 5.74) is 2.92. The van der Waals surface area contributed by atoms with Crippen LogP contribution in [0, 0.1) is 10.1 Å². The number of nitrogens with zero attached hydrogens (tertiary/aromatic N) is 2. The molecule has 20 heavy (non-hydrogen) atoms. The van der Waals surface area contributed by atoms with Gasteiger partial charge in [-0.3, -0.25) is 10.1 Å². The number of nitro groups is 1. The molecule has 0 aliphatic carbocycles. The molecule has 102 valence electrons. The summed E-state index contributed by atoms with van der Waals surface area (Å²) in [5, 5.41) is 11.6. The predicted octanol–water partition coefficient (Wildman–Crippen LogP) is 3.41. The van der Waals surface area contributed by atoms with E-state index in [4.69, 9.17) is 0 Å². The number of para-hydroxylation sites is 1. The maximum absolute atomic E-state index is 11.6. The van der Waals surface area contributed by atoms with Crippen LogP contribution in [-0.4, -0.2) is 11.5 Å². The van der Waals surface area contributed by atoms with Gasteiger partial charge in [0.1, 0.15) is 0 Å². The van der Waals surface area contributed by atoms with Gasteiger partial charge in [-0.2, -0.15) is 0 Å². The number of hydrogen-bond donors (Lipinski definition) is 0. The molecule has 2 aromatic carbocycles. The number of rotatable bonds is 3. The molecule has 0 radical (unpaired) electrons. The van der Waals surface area contributed by atoms with Crippen molar-refractivity contribution in [1.29, 1.82) is 0 Å². The number of hydrogen-bond acceptors (Lipinski definition) is 3. The highest BCUT2D eigenvalue weighted by Crippen LogP contribution is 2.34. The Labute approximate surface area is 117 Å². The van der Waals surface area contributed by atoms with Crippen LogP contribution < -0.4 is 4.90 Å². The Morgan fingerprint density at radius 2 is 1.75 bits per heavy atom. The van der Waals surface area contributed by atoms with Crippen molar-refractivity contribution in [2.24, 2.45) is 0 Å². The van der Waals surface area contributed by atoms with Crippen LogP contribution in [0.25, 0.3) is 0 Å². The smallest absolute Gasteiger partial charge is 0.306 e. The predicted molar refractivity (Wildman–Crippen MR) is 78.3 cm³/mol. The average Bonchev–Trinajstić information content (AvgIpc) is 2.48. The Hall–Kier alpha value is -2.36. The number of anilines is 1. The molecule has 0 N–H and O–H groups in total. The SMILES string of the molecule is O=[N+]([O-])C(c1ccccc1)N1CCCc2ccccc21. The normalized spacial score (nSPS) is 15.5. The fourth-order valence-corrected chi connectivity index (χ4v) is 2.86. The van der Waals surface area contributed by atoms with Crippen molar-refractivity contribution in [3.8, 4) is 0 Å². The van der Waals surface area contributed by atoms with Crippen LogP contribution in [0.5, 0.6) is 0 Å². The second-order valence-corrected chi connectivity index (χ2v) is 5.00. The van der Waals surface area contributed by atoms with Crippen LogP contribution in [0.4, 0.5) is 5.69 Å². The molecule has 0 saturated carbocycles. The number of benzene rings is 2. The van der Waals surface area contributed by atoms with E-state index >= 15 is 0 Å². The Bertz CT molecular complexity index is 613. The van der Waals surface area contributed by atoms with Crippen LogP contribution in [0.2, 0.25) is 0 Å². The lowest BCUT2D eigenvalue weighted by atomic mass is 10.00. The lowest BCUT2D eigenvalue weighted by molar-refractivity contribution is -0.528. The quantitative estimate of drug-likeness (QED) is 0.633. The summed E-state index contributed by atoms with van der Waals surface area (Å²) in [5.74, 6) is 0. The molecule has 4 nitrogen and oxygen atoms in total. The zero-order chi connectivity index (χ0) is 13.9. The Morgan fingerprint density at radius 1 is 1.05 bits per heavy atom. The second-order valence-electron chi connectivity index (χ2n) is 5.00. The van der Waals surface area contributed by atoms with Gasteiger partial charge in [-0.25, -0.2) is 0 Å². The van der Waals surface area contributed by atoms with Gasteiger partial charge in [-0.15, -0.1) is 0 Å². The average molecular weight is 268 g/mol. The fraction of sp³-hybridized carbons (Fsp3) is 0.250. The summed E-state index contributed by atoms with van der Waals surface area (Å²) < 4.78 is 0. The maximum atomic E-state index is 11.6. The van der Waals surface area contributed by atoms with Gasteiger partial charge in [0, 0.05) is 17.8 Å². The topological polar surface area (TPSA) is 46.4 Å². The van der Waals surface area contributed by atoms with Crippen molar-refractivity contribution in [3.05, 3.63) is 75.8 Å². The molecule has 0 spiro atoms. The van der Waals surface area contributed by atoms with E-state index in [2.05, 4.69) is 6.07 Å². The zero-order valence-corrected chi connectivity index (χ0v) is 11.1. The van der Waals surface area contributed by atoms with Crippen LogP contribution in [-0.2, 0) is 6.42 Å². The number of aryl methyl sites for hydroxylation is 1. The molecule has 0 bridgehead atoms. The molecule has 2 aromatic rings. The van der Waals surface area contributed by atoms with Crippen molar-refractivity contribution in [2.45, 2.75) is 19.0 Å². The van der Waals surface area contributed by atoms with Crippen molar-refractivity contribution >= 4 is 5.69 Å². The van der Waals surface area contributed by atoms with E-state index < -0.39 is 6.17 Å². The second kappa shape index (κ2) is 5.33. The third-order valence-corrected chi connectivity index (χ3v) is 3.74. The molecule has 1 atom stereocenters. The van der Waals surface area contributed by atoms with Gasteiger partial charge in [-0.1, -0.05) is 48.5 Å². The first-order valence-corrected chi connectivity index (χ1v) is 6.80. The van der Waals surface area contributed by atoms with Crippen LogP contribution in [0.3, 0.4) is 0 Å². The first kappa shape index (κ1) is 12.7. The summed E-state index contributed by atoms with van der Waals surface area (Å²) in [4.78, 5) is 13.3. The summed E-state index contributed by atoms with van der Waals surface area (Å²) in [7, 11) is 0. The van der Waals surface area contributed by atoms with E-state index in [0.717, 1.165) is 30.6 Å². The molecule has 0 aromatic heterocycles.